The minimum Gasteiger partial charge on any atom is -0.492 e. The highest BCUT2D eigenvalue weighted by Crippen LogP contribution is 2.29. The summed E-state index contributed by atoms with van der Waals surface area (Å²) in [6, 6.07) is 18.0. The average molecular weight is 325 g/mol. The van der Waals surface area contributed by atoms with Crippen molar-refractivity contribution in [3.63, 3.8) is 0 Å². The molecule has 0 radical (unpaired) electrons. The van der Waals surface area contributed by atoms with Crippen molar-refractivity contribution in [2.45, 2.75) is 12.8 Å². The first-order valence-electron chi connectivity index (χ1n) is 8.44. The molecule has 1 atom stereocenters. The van der Waals surface area contributed by atoms with Gasteiger partial charge in [0, 0.05) is 31.2 Å². The number of hydrogen-bond acceptors (Lipinski definition) is 3. The van der Waals surface area contributed by atoms with Crippen molar-refractivity contribution in [1.29, 1.82) is 0 Å². The smallest absolute Gasteiger partial charge is 0.226 e. The number of hydrogen-bond donors (Lipinski definition) is 1. The van der Waals surface area contributed by atoms with E-state index in [1.165, 1.54) is 0 Å². The zero-order chi connectivity index (χ0) is 16.8. The van der Waals surface area contributed by atoms with Crippen LogP contribution in [-0.4, -0.2) is 42.2 Å². The summed E-state index contributed by atoms with van der Waals surface area (Å²) in [6.07, 6.45) is 1.25. The number of para-hydroxylation sites is 1. The maximum atomic E-state index is 12.2. The first kappa shape index (κ1) is 16.5. The molecule has 1 saturated heterocycles. The first-order valence-corrected chi connectivity index (χ1v) is 8.44. The molecule has 0 saturated carbocycles. The molecule has 1 fully saturated rings. The zero-order valence-corrected chi connectivity index (χ0v) is 13.7. The molecule has 0 bridgehead atoms. The van der Waals surface area contributed by atoms with Crippen molar-refractivity contribution in [3.05, 3.63) is 54.6 Å². The second-order valence-electron chi connectivity index (χ2n) is 6.14. The number of aliphatic hydroxyl groups excluding tert-OH is 1. The Morgan fingerprint density at radius 1 is 1.12 bits per heavy atom. The SMILES string of the molecule is O=C(CCOc1ccccc1-c1ccccc1)N1CCC(CO)C1. The molecule has 0 aliphatic carbocycles. The molecule has 4 heteroatoms. The lowest BCUT2D eigenvalue weighted by Gasteiger charge is -2.17. The van der Waals surface area contributed by atoms with Crippen molar-refractivity contribution in [1.82, 2.24) is 4.90 Å². The highest BCUT2D eigenvalue weighted by Gasteiger charge is 2.25. The van der Waals surface area contributed by atoms with Crippen LogP contribution in [0.15, 0.2) is 54.6 Å². The highest BCUT2D eigenvalue weighted by atomic mass is 16.5. The number of carbonyl (C=O) groups excluding carboxylic acids is 1. The average Bonchev–Trinajstić information content (AvgIpc) is 3.12. The van der Waals surface area contributed by atoms with Gasteiger partial charge < -0.3 is 14.7 Å². The molecule has 126 valence electrons. The van der Waals surface area contributed by atoms with Gasteiger partial charge in [-0.3, -0.25) is 4.79 Å². The summed E-state index contributed by atoms with van der Waals surface area (Å²) in [6.45, 7) is 1.92. The van der Waals surface area contributed by atoms with Crippen molar-refractivity contribution >= 4 is 5.91 Å². The van der Waals surface area contributed by atoms with E-state index in [0.717, 1.165) is 29.8 Å². The third-order valence-electron chi connectivity index (χ3n) is 4.44. The van der Waals surface area contributed by atoms with Crippen LogP contribution < -0.4 is 4.74 Å². The summed E-state index contributed by atoms with van der Waals surface area (Å²) in [5, 5.41) is 9.17. The van der Waals surface area contributed by atoms with Gasteiger partial charge in [0.15, 0.2) is 0 Å². The highest BCUT2D eigenvalue weighted by molar-refractivity contribution is 5.76. The zero-order valence-electron chi connectivity index (χ0n) is 13.7. The number of benzene rings is 2. The number of nitrogens with zero attached hydrogens (tertiary/aromatic N) is 1. The maximum Gasteiger partial charge on any atom is 0.226 e. The Labute approximate surface area is 142 Å². The van der Waals surface area contributed by atoms with Crippen LogP contribution in [-0.2, 0) is 4.79 Å². The Kier molecular flexibility index (Phi) is 5.49. The Bertz CT molecular complexity index is 672. The van der Waals surface area contributed by atoms with Crippen LogP contribution in [0, 0.1) is 5.92 Å². The van der Waals surface area contributed by atoms with Crippen molar-refractivity contribution < 1.29 is 14.6 Å². The van der Waals surface area contributed by atoms with Crippen molar-refractivity contribution in [2.24, 2.45) is 5.92 Å². The van der Waals surface area contributed by atoms with Gasteiger partial charge in [-0.05, 0) is 18.1 Å². The molecule has 1 aliphatic rings. The molecule has 24 heavy (non-hydrogen) atoms. The Morgan fingerprint density at radius 3 is 2.62 bits per heavy atom. The summed E-state index contributed by atoms with van der Waals surface area (Å²) in [5.41, 5.74) is 2.14. The van der Waals surface area contributed by atoms with Crippen LogP contribution in [0.2, 0.25) is 0 Å². The summed E-state index contributed by atoms with van der Waals surface area (Å²) in [5.74, 6) is 1.13. The van der Waals surface area contributed by atoms with Gasteiger partial charge in [-0.25, -0.2) is 0 Å². The minimum absolute atomic E-state index is 0.100. The number of amides is 1. The second kappa shape index (κ2) is 7.97. The van der Waals surface area contributed by atoms with E-state index in [2.05, 4.69) is 0 Å². The molecular weight excluding hydrogens is 302 g/mol. The van der Waals surface area contributed by atoms with Crippen LogP contribution in [0.3, 0.4) is 0 Å². The predicted octanol–water partition coefficient (Wildman–Crippen LogP) is 2.96. The lowest BCUT2D eigenvalue weighted by molar-refractivity contribution is -0.130. The number of rotatable bonds is 6. The predicted molar refractivity (Wildman–Crippen MR) is 93.8 cm³/mol. The van der Waals surface area contributed by atoms with E-state index < -0.39 is 0 Å². The second-order valence-corrected chi connectivity index (χ2v) is 6.14. The molecule has 1 amide bonds. The first-order chi connectivity index (χ1) is 11.8. The molecule has 3 rings (SSSR count). The van der Waals surface area contributed by atoms with Crippen molar-refractivity contribution in [2.75, 3.05) is 26.3 Å². The third-order valence-corrected chi connectivity index (χ3v) is 4.44. The molecule has 1 unspecified atom stereocenters. The van der Waals surface area contributed by atoms with Gasteiger partial charge in [-0.1, -0.05) is 48.5 Å². The van der Waals surface area contributed by atoms with Gasteiger partial charge in [0.1, 0.15) is 5.75 Å². The summed E-state index contributed by atoms with van der Waals surface area (Å²) < 4.78 is 5.88. The number of ether oxygens (including phenoxy) is 1. The maximum absolute atomic E-state index is 12.2. The van der Waals surface area contributed by atoms with Gasteiger partial charge >= 0.3 is 0 Å². The minimum atomic E-state index is 0.100. The molecule has 1 heterocycles. The standard InChI is InChI=1S/C20H23NO3/c22-15-16-10-12-21(14-16)20(23)11-13-24-19-9-5-4-8-18(19)17-6-2-1-3-7-17/h1-9,16,22H,10-15H2. The number of likely N-dealkylation sites (tertiary alicyclic amines) is 1. The molecule has 2 aromatic carbocycles. The van der Waals surface area contributed by atoms with Crippen LogP contribution >= 0.6 is 0 Å². The van der Waals surface area contributed by atoms with Gasteiger partial charge in [-0.15, -0.1) is 0 Å². The van der Waals surface area contributed by atoms with E-state index in [1.807, 2.05) is 59.5 Å². The molecule has 0 spiro atoms. The summed E-state index contributed by atoms with van der Waals surface area (Å²) in [4.78, 5) is 14.0. The van der Waals surface area contributed by atoms with Crippen LogP contribution in [0.1, 0.15) is 12.8 Å². The lowest BCUT2D eigenvalue weighted by atomic mass is 10.1. The van der Waals surface area contributed by atoms with Crippen LogP contribution in [0.25, 0.3) is 11.1 Å². The molecule has 1 N–H and O–H groups in total. The Morgan fingerprint density at radius 2 is 1.88 bits per heavy atom. The molecule has 2 aromatic rings. The van der Waals surface area contributed by atoms with Gasteiger partial charge in [0.2, 0.25) is 5.91 Å². The van der Waals surface area contributed by atoms with Crippen molar-refractivity contribution in [3.8, 4) is 16.9 Å². The van der Waals surface area contributed by atoms with Gasteiger partial charge in [-0.2, -0.15) is 0 Å². The monoisotopic (exact) mass is 325 g/mol. The van der Waals surface area contributed by atoms with E-state index >= 15 is 0 Å². The molecule has 1 aliphatic heterocycles. The molecule has 4 nitrogen and oxygen atoms in total. The number of aliphatic hydroxyl groups is 1. The summed E-state index contributed by atoms with van der Waals surface area (Å²) in [7, 11) is 0. The third kappa shape index (κ3) is 3.95. The van der Waals surface area contributed by atoms with E-state index in [4.69, 9.17) is 9.84 Å². The van der Waals surface area contributed by atoms with Gasteiger partial charge in [0.25, 0.3) is 0 Å². The fourth-order valence-corrected chi connectivity index (χ4v) is 3.06. The Balaban J connectivity index is 1.57. The van der Waals surface area contributed by atoms with E-state index in [0.29, 0.717) is 19.6 Å². The lowest BCUT2D eigenvalue weighted by Crippen LogP contribution is -2.30. The largest absolute Gasteiger partial charge is 0.492 e. The summed E-state index contributed by atoms with van der Waals surface area (Å²) >= 11 is 0. The molecule has 0 aromatic heterocycles. The normalized spacial score (nSPS) is 17.0. The topological polar surface area (TPSA) is 49.8 Å². The van der Waals surface area contributed by atoms with E-state index in [1.54, 1.807) is 0 Å². The van der Waals surface area contributed by atoms with E-state index in [-0.39, 0.29) is 18.4 Å². The fraction of sp³-hybridized carbons (Fsp3) is 0.350. The Hall–Kier alpha value is -2.33. The van der Waals surface area contributed by atoms with E-state index in [9.17, 15) is 4.79 Å². The fourth-order valence-electron chi connectivity index (χ4n) is 3.06. The van der Waals surface area contributed by atoms with Crippen LogP contribution in [0.5, 0.6) is 5.75 Å². The number of carbonyl (C=O) groups is 1. The van der Waals surface area contributed by atoms with Gasteiger partial charge in [0.05, 0.1) is 13.0 Å². The van der Waals surface area contributed by atoms with Crippen LogP contribution in [0.4, 0.5) is 0 Å². The quantitative estimate of drug-likeness (QED) is 0.888. The molecular formula is C20H23NO3.